The molecule has 0 radical (unpaired) electrons. The number of benzene rings is 2. The van der Waals surface area contributed by atoms with E-state index in [9.17, 15) is 0 Å². The zero-order valence-electron chi connectivity index (χ0n) is 15.1. The summed E-state index contributed by atoms with van der Waals surface area (Å²) in [6, 6.07) is 18.0. The molecule has 0 aliphatic rings. The molecule has 0 amide bonds. The van der Waals surface area contributed by atoms with Crippen LogP contribution >= 0.6 is 23.8 Å². The smallest absolute Gasteiger partial charge is 0.191 e. The first-order chi connectivity index (χ1) is 13.0. The average molecular weight is 398 g/mol. The van der Waals surface area contributed by atoms with Crippen molar-refractivity contribution in [2.24, 2.45) is 5.10 Å². The highest BCUT2D eigenvalue weighted by Crippen LogP contribution is 2.19. The van der Waals surface area contributed by atoms with Crippen LogP contribution in [0, 0.1) is 13.8 Å². The van der Waals surface area contributed by atoms with E-state index in [1.54, 1.807) is 10.9 Å². The van der Waals surface area contributed by atoms with Gasteiger partial charge in [-0.25, -0.2) is 4.68 Å². The minimum absolute atomic E-state index is 0.408. The molecule has 0 saturated heterocycles. The Balaban J connectivity index is 1.65. The molecule has 7 heteroatoms. The van der Waals surface area contributed by atoms with Crippen LogP contribution in [0.2, 0.25) is 5.15 Å². The standard InChI is InChI=1S/C20H20ClN5S/c1-14-8-6-7-11-18(14)23-20(27)24-22-12-17-15(2)25-26(19(17)21)13-16-9-4-3-5-10-16/h3-12H,13H2,1-2H3,(H2,23,24,27)/b22-12-. The molecule has 1 aromatic heterocycles. The number of rotatable bonds is 5. The Morgan fingerprint density at radius 1 is 1.15 bits per heavy atom. The Morgan fingerprint density at radius 3 is 2.59 bits per heavy atom. The zero-order valence-corrected chi connectivity index (χ0v) is 16.7. The van der Waals surface area contributed by atoms with Gasteiger partial charge >= 0.3 is 0 Å². The molecule has 138 valence electrons. The third-order valence-corrected chi connectivity index (χ3v) is 4.63. The molecule has 0 saturated carbocycles. The number of hydrogen-bond acceptors (Lipinski definition) is 3. The number of aryl methyl sites for hydroxylation is 2. The van der Waals surface area contributed by atoms with E-state index in [1.165, 1.54) is 0 Å². The van der Waals surface area contributed by atoms with Crippen molar-refractivity contribution in [2.75, 3.05) is 5.32 Å². The summed E-state index contributed by atoms with van der Waals surface area (Å²) in [6.45, 7) is 4.52. The van der Waals surface area contributed by atoms with Crippen LogP contribution in [0.25, 0.3) is 0 Å². The number of hydrogen-bond donors (Lipinski definition) is 2. The first-order valence-corrected chi connectivity index (χ1v) is 9.25. The van der Waals surface area contributed by atoms with E-state index in [0.717, 1.165) is 28.1 Å². The van der Waals surface area contributed by atoms with Crippen LogP contribution in [-0.2, 0) is 6.54 Å². The van der Waals surface area contributed by atoms with Gasteiger partial charge in [0.2, 0.25) is 0 Å². The predicted octanol–water partition coefficient (Wildman–Crippen LogP) is 4.52. The maximum atomic E-state index is 6.48. The second kappa shape index (κ2) is 8.79. The van der Waals surface area contributed by atoms with Gasteiger partial charge in [0.05, 0.1) is 24.0 Å². The number of thiocarbonyl (C=S) groups is 1. The number of aromatic nitrogens is 2. The van der Waals surface area contributed by atoms with Gasteiger partial charge in [0.25, 0.3) is 0 Å². The van der Waals surface area contributed by atoms with Crippen LogP contribution in [0.3, 0.4) is 0 Å². The van der Waals surface area contributed by atoms with Crippen molar-refractivity contribution in [1.82, 2.24) is 15.2 Å². The van der Waals surface area contributed by atoms with Crippen LogP contribution in [0.4, 0.5) is 5.69 Å². The van der Waals surface area contributed by atoms with Crippen LogP contribution in [0.5, 0.6) is 0 Å². The minimum Gasteiger partial charge on any atom is -0.331 e. The molecule has 0 fully saturated rings. The van der Waals surface area contributed by atoms with E-state index in [1.807, 2.05) is 68.4 Å². The minimum atomic E-state index is 0.408. The van der Waals surface area contributed by atoms with E-state index < -0.39 is 0 Å². The van der Waals surface area contributed by atoms with E-state index >= 15 is 0 Å². The quantitative estimate of drug-likeness (QED) is 0.377. The number of nitrogens with one attached hydrogen (secondary N) is 2. The van der Waals surface area contributed by atoms with E-state index in [0.29, 0.717) is 16.8 Å². The third-order valence-electron chi connectivity index (χ3n) is 4.04. The molecule has 0 bridgehead atoms. The lowest BCUT2D eigenvalue weighted by molar-refractivity contribution is 0.680. The molecule has 1 heterocycles. The molecular weight excluding hydrogens is 378 g/mol. The fourth-order valence-electron chi connectivity index (χ4n) is 2.59. The molecule has 0 aliphatic heterocycles. The monoisotopic (exact) mass is 397 g/mol. The highest BCUT2D eigenvalue weighted by Gasteiger charge is 2.12. The third kappa shape index (κ3) is 4.93. The van der Waals surface area contributed by atoms with Gasteiger partial charge in [-0.3, -0.25) is 5.43 Å². The Hall–Kier alpha value is -2.70. The fraction of sp³-hybridized carbons (Fsp3) is 0.150. The molecule has 2 N–H and O–H groups in total. The van der Waals surface area contributed by atoms with Crippen molar-refractivity contribution in [2.45, 2.75) is 20.4 Å². The summed E-state index contributed by atoms with van der Waals surface area (Å²) in [6.07, 6.45) is 1.64. The summed E-state index contributed by atoms with van der Waals surface area (Å²) in [7, 11) is 0. The van der Waals surface area contributed by atoms with E-state index in [4.69, 9.17) is 23.8 Å². The number of anilines is 1. The van der Waals surface area contributed by atoms with Gasteiger partial charge in [0, 0.05) is 5.69 Å². The van der Waals surface area contributed by atoms with E-state index in [2.05, 4.69) is 20.9 Å². The van der Waals surface area contributed by atoms with E-state index in [-0.39, 0.29) is 0 Å². The second-order valence-electron chi connectivity index (χ2n) is 6.07. The van der Waals surface area contributed by atoms with Gasteiger partial charge in [0.1, 0.15) is 5.15 Å². The molecule has 3 aromatic rings. The second-order valence-corrected chi connectivity index (χ2v) is 6.84. The summed E-state index contributed by atoms with van der Waals surface area (Å²) >= 11 is 11.8. The maximum Gasteiger partial charge on any atom is 0.191 e. The van der Waals surface area contributed by atoms with Gasteiger partial charge < -0.3 is 5.32 Å². The molecule has 2 aromatic carbocycles. The Morgan fingerprint density at radius 2 is 1.85 bits per heavy atom. The lowest BCUT2D eigenvalue weighted by atomic mass is 10.2. The van der Waals surface area contributed by atoms with Crippen molar-refractivity contribution in [3.05, 3.63) is 82.1 Å². The summed E-state index contributed by atoms with van der Waals surface area (Å²) in [4.78, 5) is 0. The van der Waals surface area contributed by atoms with Crippen molar-refractivity contribution < 1.29 is 0 Å². The molecule has 3 rings (SSSR count). The molecule has 5 nitrogen and oxygen atoms in total. The van der Waals surface area contributed by atoms with Crippen molar-refractivity contribution in [3.63, 3.8) is 0 Å². The Bertz CT molecular complexity index is 966. The van der Waals surface area contributed by atoms with Crippen LogP contribution in [-0.4, -0.2) is 21.1 Å². The van der Waals surface area contributed by atoms with Crippen molar-refractivity contribution in [1.29, 1.82) is 0 Å². The largest absolute Gasteiger partial charge is 0.331 e. The normalized spacial score (nSPS) is 10.9. The summed E-state index contributed by atoms with van der Waals surface area (Å²) in [5, 5.41) is 12.8. The SMILES string of the molecule is Cc1ccccc1NC(=S)N/N=C\c1c(C)nn(Cc2ccccc2)c1Cl. The van der Waals surface area contributed by atoms with Crippen LogP contribution in [0.15, 0.2) is 59.7 Å². The van der Waals surface area contributed by atoms with Crippen molar-refractivity contribution in [3.8, 4) is 0 Å². The summed E-state index contributed by atoms with van der Waals surface area (Å²) < 4.78 is 1.76. The Labute approximate surface area is 169 Å². The number of para-hydroxylation sites is 1. The predicted molar refractivity (Wildman–Crippen MR) is 116 cm³/mol. The zero-order chi connectivity index (χ0) is 19.2. The average Bonchev–Trinajstić information content (AvgIpc) is 2.92. The number of hydrazone groups is 1. The van der Waals surface area contributed by atoms with Gasteiger partial charge in [0.15, 0.2) is 5.11 Å². The first-order valence-electron chi connectivity index (χ1n) is 8.47. The molecule has 0 spiro atoms. The molecule has 0 unspecified atom stereocenters. The van der Waals surface area contributed by atoms with Crippen LogP contribution in [0.1, 0.15) is 22.4 Å². The fourth-order valence-corrected chi connectivity index (χ4v) is 3.04. The highest BCUT2D eigenvalue weighted by atomic mass is 35.5. The Kier molecular flexibility index (Phi) is 6.21. The topological polar surface area (TPSA) is 54.2 Å². The molecule has 27 heavy (non-hydrogen) atoms. The molecule has 0 atom stereocenters. The summed E-state index contributed by atoms with van der Waals surface area (Å²) in [5.74, 6) is 0. The number of nitrogens with zero attached hydrogens (tertiary/aromatic N) is 3. The van der Waals surface area contributed by atoms with Gasteiger partial charge in [-0.05, 0) is 43.3 Å². The number of halogens is 1. The lowest BCUT2D eigenvalue weighted by Crippen LogP contribution is -2.24. The highest BCUT2D eigenvalue weighted by molar-refractivity contribution is 7.80. The molecular formula is C20H20ClN5S. The van der Waals surface area contributed by atoms with Gasteiger partial charge in [-0.15, -0.1) is 0 Å². The molecule has 0 aliphatic carbocycles. The van der Waals surface area contributed by atoms with Gasteiger partial charge in [-0.1, -0.05) is 60.1 Å². The van der Waals surface area contributed by atoms with Crippen molar-refractivity contribution >= 4 is 40.8 Å². The lowest BCUT2D eigenvalue weighted by Gasteiger charge is -2.09. The van der Waals surface area contributed by atoms with Gasteiger partial charge in [-0.2, -0.15) is 10.2 Å². The first kappa shape index (κ1) is 19.1. The maximum absolute atomic E-state index is 6.48. The summed E-state index contributed by atoms with van der Waals surface area (Å²) in [5.41, 5.74) is 7.56. The van der Waals surface area contributed by atoms with Crippen LogP contribution < -0.4 is 10.7 Å².